The monoisotopic (exact) mass is 327 g/mol. The molecule has 2 aromatic rings. The van der Waals surface area contributed by atoms with E-state index in [0.717, 1.165) is 25.1 Å². The number of carbonyl (C=O) groups is 2. The molecule has 1 atom stereocenters. The van der Waals surface area contributed by atoms with Crippen LogP contribution in [-0.4, -0.2) is 64.0 Å². The summed E-state index contributed by atoms with van der Waals surface area (Å²) < 4.78 is 0. The van der Waals surface area contributed by atoms with E-state index in [2.05, 4.69) is 15.2 Å². The molecule has 2 aromatic heterocycles. The third-order valence-electron chi connectivity index (χ3n) is 4.30. The van der Waals surface area contributed by atoms with Gasteiger partial charge in [0.1, 0.15) is 5.69 Å². The number of nitrogens with zero attached hydrogens (tertiary/aromatic N) is 4. The van der Waals surface area contributed by atoms with Gasteiger partial charge in [-0.05, 0) is 31.0 Å². The molecule has 7 nitrogen and oxygen atoms in total. The van der Waals surface area contributed by atoms with Crippen LogP contribution in [-0.2, 0) is 0 Å². The van der Waals surface area contributed by atoms with Crippen molar-refractivity contribution >= 4 is 11.8 Å². The fraction of sp³-hybridized carbons (Fsp3) is 0.412. The summed E-state index contributed by atoms with van der Waals surface area (Å²) in [6.07, 6.45) is 5.12. The lowest BCUT2D eigenvalue weighted by atomic mass is 9.93. The Morgan fingerprint density at radius 3 is 2.75 bits per heavy atom. The number of aromatic nitrogens is 3. The summed E-state index contributed by atoms with van der Waals surface area (Å²) >= 11 is 0. The SMILES string of the molecule is CN(C)C(=O)c1ccc([C@H]2CCCN(C(=O)c3ccn[nH]3)C2)nc1. The highest BCUT2D eigenvalue weighted by atomic mass is 16.2. The molecule has 24 heavy (non-hydrogen) atoms. The molecule has 0 aromatic carbocycles. The molecule has 0 saturated carbocycles. The summed E-state index contributed by atoms with van der Waals surface area (Å²) in [6.45, 7) is 1.37. The first-order chi connectivity index (χ1) is 11.6. The molecule has 1 N–H and O–H groups in total. The van der Waals surface area contributed by atoms with Crippen LogP contribution in [0, 0.1) is 0 Å². The Morgan fingerprint density at radius 1 is 1.29 bits per heavy atom. The van der Waals surface area contributed by atoms with Crippen molar-refractivity contribution in [1.82, 2.24) is 25.0 Å². The van der Waals surface area contributed by atoms with Gasteiger partial charge in [-0.1, -0.05) is 0 Å². The number of carbonyl (C=O) groups excluding carboxylic acids is 2. The fourth-order valence-electron chi connectivity index (χ4n) is 2.98. The molecular formula is C17H21N5O2. The first-order valence-corrected chi connectivity index (χ1v) is 8.02. The van der Waals surface area contributed by atoms with Gasteiger partial charge in [0.05, 0.1) is 5.56 Å². The number of likely N-dealkylation sites (tertiary alicyclic amines) is 1. The lowest BCUT2D eigenvalue weighted by molar-refractivity contribution is 0.0699. The summed E-state index contributed by atoms with van der Waals surface area (Å²) in [5.74, 6) is 0.0967. The molecule has 3 rings (SSSR count). The number of pyridine rings is 1. The van der Waals surface area contributed by atoms with E-state index >= 15 is 0 Å². The zero-order chi connectivity index (χ0) is 17.1. The zero-order valence-electron chi connectivity index (χ0n) is 13.9. The van der Waals surface area contributed by atoms with Gasteiger partial charge in [0.15, 0.2) is 0 Å². The smallest absolute Gasteiger partial charge is 0.271 e. The van der Waals surface area contributed by atoms with Crippen LogP contribution < -0.4 is 0 Å². The summed E-state index contributed by atoms with van der Waals surface area (Å²) in [7, 11) is 3.44. The number of rotatable bonds is 3. The van der Waals surface area contributed by atoms with Gasteiger partial charge in [0.25, 0.3) is 11.8 Å². The van der Waals surface area contributed by atoms with Gasteiger partial charge in [0, 0.05) is 51.2 Å². The molecule has 126 valence electrons. The topological polar surface area (TPSA) is 82.2 Å². The first-order valence-electron chi connectivity index (χ1n) is 8.02. The molecule has 1 saturated heterocycles. The summed E-state index contributed by atoms with van der Waals surface area (Å²) in [4.78, 5) is 32.2. The molecule has 1 fully saturated rings. The van der Waals surface area contributed by atoms with Crippen LogP contribution in [0.2, 0.25) is 0 Å². The third kappa shape index (κ3) is 3.29. The number of H-pyrrole nitrogens is 1. The second kappa shape index (κ2) is 6.82. The van der Waals surface area contributed by atoms with Crippen molar-refractivity contribution in [3.63, 3.8) is 0 Å². The van der Waals surface area contributed by atoms with Crippen LogP contribution in [0.4, 0.5) is 0 Å². The molecule has 1 aliphatic rings. The minimum absolute atomic E-state index is 0.0309. The normalized spacial score (nSPS) is 17.6. The lowest BCUT2D eigenvalue weighted by Crippen LogP contribution is -2.39. The van der Waals surface area contributed by atoms with Crippen molar-refractivity contribution in [2.24, 2.45) is 0 Å². The summed E-state index contributed by atoms with van der Waals surface area (Å²) in [5.41, 5.74) is 2.01. The third-order valence-corrected chi connectivity index (χ3v) is 4.30. The number of piperidine rings is 1. The maximum absolute atomic E-state index is 12.4. The maximum Gasteiger partial charge on any atom is 0.271 e. The molecule has 0 spiro atoms. The number of amides is 2. The van der Waals surface area contributed by atoms with Gasteiger partial charge in [-0.3, -0.25) is 19.7 Å². The summed E-state index contributed by atoms with van der Waals surface area (Å²) in [6, 6.07) is 5.39. The fourth-order valence-corrected chi connectivity index (χ4v) is 2.98. The van der Waals surface area contributed by atoms with Gasteiger partial charge in [-0.2, -0.15) is 5.10 Å². The highest BCUT2D eigenvalue weighted by Gasteiger charge is 2.27. The maximum atomic E-state index is 12.4. The molecule has 0 aliphatic carbocycles. The van der Waals surface area contributed by atoms with Crippen molar-refractivity contribution in [2.45, 2.75) is 18.8 Å². The number of nitrogens with one attached hydrogen (secondary N) is 1. The van der Waals surface area contributed by atoms with Gasteiger partial charge in [-0.15, -0.1) is 0 Å². The van der Waals surface area contributed by atoms with E-state index in [-0.39, 0.29) is 17.7 Å². The minimum Gasteiger partial charge on any atom is -0.345 e. The van der Waals surface area contributed by atoms with Crippen molar-refractivity contribution < 1.29 is 9.59 Å². The number of hydrogen-bond donors (Lipinski definition) is 1. The highest BCUT2D eigenvalue weighted by Crippen LogP contribution is 2.26. The Morgan fingerprint density at radius 2 is 2.12 bits per heavy atom. The van der Waals surface area contributed by atoms with E-state index in [9.17, 15) is 9.59 Å². The van der Waals surface area contributed by atoms with Crippen LogP contribution in [0.15, 0.2) is 30.6 Å². The van der Waals surface area contributed by atoms with Crippen LogP contribution in [0.3, 0.4) is 0 Å². The molecule has 0 unspecified atom stereocenters. The molecule has 0 bridgehead atoms. The average Bonchev–Trinajstić information content (AvgIpc) is 3.15. The predicted molar refractivity (Wildman–Crippen MR) is 88.7 cm³/mol. The van der Waals surface area contributed by atoms with Gasteiger partial charge in [-0.25, -0.2) is 0 Å². The second-order valence-electron chi connectivity index (χ2n) is 6.23. The van der Waals surface area contributed by atoms with E-state index in [4.69, 9.17) is 0 Å². The first kappa shape index (κ1) is 16.2. The van der Waals surface area contributed by atoms with Crippen molar-refractivity contribution in [3.05, 3.63) is 47.5 Å². The summed E-state index contributed by atoms with van der Waals surface area (Å²) in [5, 5.41) is 6.56. The van der Waals surface area contributed by atoms with Gasteiger partial charge in [0.2, 0.25) is 0 Å². The number of hydrogen-bond acceptors (Lipinski definition) is 4. The molecule has 7 heteroatoms. The average molecular weight is 327 g/mol. The molecule has 0 radical (unpaired) electrons. The van der Waals surface area contributed by atoms with E-state index in [0.29, 0.717) is 17.8 Å². The largest absolute Gasteiger partial charge is 0.345 e. The van der Waals surface area contributed by atoms with Crippen LogP contribution >= 0.6 is 0 Å². The molecule has 1 aliphatic heterocycles. The minimum atomic E-state index is -0.0613. The van der Waals surface area contributed by atoms with Gasteiger partial charge < -0.3 is 9.80 Å². The van der Waals surface area contributed by atoms with Crippen molar-refractivity contribution in [2.75, 3.05) is 27.2 Å². The van der Waals surface area contributed by atoms with Crippen LogP contribution in [0.25, 0.3) is 0 Å². The Hall–Kier alpha value is -2.70. The van der Waals surface area contributed by atoms with Crippen molar-refractivity contribution in [1.29, 1.82) is 0 Å². The van der Waals surface area contributed by atoms with Crippen molar-refractivity contribution in [3.8, 4) is 0 Å². The Balaban J connectivity index is 1.70. The van der Waals surface area contributed by atoms with Gasteiger partial charge >= 0.3 is 0 Å². The predicted octanol–water partition coefficient (Wildman–Crippen LogP) is 1.53. The zero-order valence-corrected chi connectivity index (χ0v) is 13.9. The highest BCUT2D eigenvalue weighted by molar-refractivity contribution is 5.93. The Kier molecular flexibility index (Phi) is 4.59. The molecule has 2 amide bonds. The van der Waals surface area contributed by atoms with E-state index in [1.54, 1.807) is 38.6 Å². The second-order valence-corrected chi connectivity index (χ2v) is 6.23. The molecule has 3 heterocycles. The number of aromatic amines is 1. The molecular weight excluding hydrogens is 306 g/mol. The Labute approximate surface area is 140 Å². The van der Waals surface area contributed by atoms with Crippen LogP contribution in [0.5, 0.6) is 0 Å². The van der Waals surface area contributed by atoms with E-state index < -0.39 is 0 Å². The van der Waals surface area contributed by atoms with E-state index in [1.807, 2.05) is 11.0 Å². The van der Waals surface area contributed by atoms with E-state index in [1.165, 1.54) is 4.90 Å². The quantitative estimate of drug-likeness (QED) is 0.927. The standard InChI is InChI=1S/C17H21N5O2/c1-21(2)16(23)12-5-6-14(18-10-12)13-4-3-9-22(11-13)17(24)15-7-8-19-20-15/h5-8,10,13H,3-4,9,11H2,1-2H3,(H,19,20)/t13-/m0/s1. The van der Waals surface area contributed by atoms with Crippen LogP contribution in [0.1, 0.15) is 45.3 Å². The lowest BCUT2D eigenvalue weighted by Gasteiger charge is -2.32. The Bertz CT molecular complexity index is 709.